The first-order valence-corrected chi connectivity index (χ1v) is 10.8. The number of hydrogen-bond acceptors (Lipinski definition) is 5. The van der Waals surface area contributed by atoms with E-state index in [1.54, 1.807) is 11.3 Å². The minimum Gasteiger partial charge on any atom is -0.368 e. The van der Waals surface area contributed by atoms with E-state index in [0.29, 0.717) is 19.7 Å². The third-order valence-corrected chi connectivity index (χ3v) is 5.73. The van der Waals surface area contributed by atoms with Crippen molar-refractivity contribution in [1.29, 1.82) is 0 Å². The molecule has 7 nitrogen and oxygen atoms in total. The van der Waals surface area contributed by atoms with E-state index >= 15 is 0 Å². The van der Waals surface area contributed by atoms with Gasteiger partial charge in [0.25, 0.3) is 5.91 Å². The first-order chi connectivity index (χ1) is 14.0. The number of carbonyl (C=O) groups excluding carboxylic acids is 1. The highest BCUT2D eigenvalue weighted by atomic mass is 32.1. The van der Waals surface area contributed by atoms with Gasteiger partial charge in [-0.25, -0.2) is 9.98 Å². The molecule has 1 aromatic heterocycles. The van der Waals surface area contributed by atoms with Crippen molar-refractivity contribution in [2.75, 3.05) is 18.5 Å². The van der Waals surface area contributed by atoms with Gasteiger partial charge in [0.15, 0.2) is 5.96 Å². The normalized spacial score (nSPS) is 16.7. The molecule has 0 radical (unpaired) electrons. The second kappa shape index (κ2) is 10.4. The monoisotopic (exact) mass is 415 g/mol. The molecule has 3 N–H and O–H groups in total. The van der Waals surface area contributed by atoms with Gasteiger partial charge in [-0.2, -0.15) is 0 Å². The van der Waals surface area contributed by atoms with Crippen molar-refractivity contribution < 1.29 is 9.53 Å². The van der Waals surface area contributed by atoms with Gasteiger partial charge in [-0.05, 0) is 51.3 Å². The highest BCUT2D eigenvalue weighted by Crippen LogP contribution is 2.17. The number of thiazole rings is 1. The van der Waals surface area contributed by atoms with Crippen LogP contribution in [0.25, 0.3) is 0 Å². The Balaban J connectivity index is 1.58. The maximum absolute atomic E-state index is 12.2. The lowest BCUT2D eigenvalue weighted by atomic mass is 10.2. The summed E-state index contributed by atoms with van der Waals surface area (Å²) in [6, 6.07) is 7.77. The average molecular weight is 416 g/mol. The van der Waals surface area contributed by atoms with E-state index in [1.807, 2.05) is 38.1 Å². The van der Waals surface area contributed by atoms with Gasteiger partial charge in [0.2, 0.25) is 0 Å². The number of ether oxygens (including phenoxy) is 1. The molecular weight excluding hydrogens is 386 g/mol. The predicted octanol–water partition coefficient (Wildman–Crippen LogP) is 3.13. The van der Waals surface area contributed by atoms with E-state index in [4.69, 9.17) is 4.74 Å². The van der Waals surface area contributed by atoms with Crippen LogP contribution in [-0.2, 0) is 22.6 Å². The molecule has 2 aromatic rings. The third-order valence-electron chi connectivity index (χ3n) is 4.66. The number of benzene rings is 1. The highest BCUT2D eigenvalue weighted by Gasteiger charge is 2.23. The molecule has 0 saturated carbocycles. The third kappa shape index (κ3) is 6.27. The summed E-state index contributed by atoms with van der Waals surface area (Å²) in [5.41, 5.74) is 2.87. The van der Waals surface area contributed by atoms with Crippen LogP contribution in [0.15, 0.2) is 29.3 Å². The fourth-order valence-electron chi connectivity index (χ4n) is 3.04. The molecular formula is C21H29N5O2S. The maximum Gasteiger partial charge on any atom is 0.253 e. The summed E-state index contributed by atoms with van der Waals surface area (Å²) in [5, 5.41) is 10.6. The molecule has 156 valence electrons. The van der Waals surface area contributed by atoms with Gasteiger partial charge in [-0.1, -0.05) is 12.1 Å². The lowest BCUT2D eigenvalue weighted by Gasteiger charge is -2.12. The summed E-state index contributed by atoms with van der Waals surface area (Å²) >= 11 is 1.70. The largest absolute Gasteiger partial charge is 0.368 e. The molecule has 29 heavy (non-hydrogen) atoms. The smallest absolute Gasteiger partial charge is 0.253 e. The van der Waals surface area contributed by atoms with Crippen LogP contribution < -0.4 is 16.0 Å². The molecule has 1 amide bonds. The van der Waals surface area contributed by atoms with Crippen molar-refractivity contribution in [3.63, 3.8) is 0 Å². The maximum atomic E-state index is 12.2. The van der Waals surface area contributed by atoms with E-state index in [9.17, 15) is 4.79 Å². The molecule has 1 aliphatic heterocycles. The Labute approximate surface area is 176 Å². The number of carbonyl (C=O) groups is 1. The van der Waals surface area contributed by atoms with Crippen LogP contribution in [0.1, 0.15) is 40.9 Å². The van der Waals surface area contributed by atoms with Gasteiger partial charge in [0, 0.05) is 23.7 Å². The standard InChI is InChI=1S/C21H29N5O2S/c1-4-22-21(24-13-19-25-14(2)15(3)29-19)23-12-16-7-5-8-17(11-16)26-20(27)18-9-6-10-28-18/h5,7-8,11,18H,4,6,9-10,12-13H2,1-3H3,(H,26,27)(H2,22,23,24). The molecule has 1 aromatic carbocycles. The molecule has 1 aliphatic rings. The minimum absolute atomic E-state index is 0.0767. The summed E-state index contributed by atoms with van der Waals surface area (Å²) in [7, 11) is 0. The number of anilines is 1. The van der Waals surface area contributed by atoms with Crippen LogP contribution in [-0.4, -0.2) is 36.1 Å². The summed E-state index contributed by atoms with van der Waals surface area (Å²) in [5.74, 6) is 0.666. The van der Waals surface area contributed by atoms with Crippen LogP contribution in [0.3, 0.4) is 0 Å². The van der Waals surface area contributed by atoms with Crippen molar-refractivity contribution >= 4 is 28.9 Å². The number of amides is 1. The number of rotatable bonds is 7. The number of nitrogens with one attached hydrogen (secondary N) is 3. The lowest BCUT2D eigenvalue weighted by Crippen LogP contribution is -2.36. The number of hydrogen-bond donors (Lipinski definition) is 3. The van der Waals surface area contributed by atoms with E-state index < -0.39 is 0 Å². The number of nitrogens with zero attached hydrogens (tertiary/aromatic N) is 2. The predicted molar refractivity (Wildman–Crippen MR) is 117 cm³/mol. The Kier molecular flexibility index (Phi) is 7.60. The van der Waals surface area contributed by atoms with E-state index in [0.717, 1.165) is 47.3 Å². The first kappa shape index (κ1) is 21.3. The quantitative estimate of drug-likeness (QED) is 0.478. The highest BCUT2D eigenvalue weighted by molar-refractivity contribution is 7.11. The zero-order chi connectivity index (χ0) is 20.6. The molecule has 1 saturated heterocycles. The molecule has 0 aliphatic carbocycles. The molecule has 8 heteroatoms. The lowest BCUT2D eigenvalue weighted by molar-refractivity contribution is -0.124. The number of aryl methyl sites for hydroxylation is 2. The molecule has 3 rings (SSSR count). The van der Waals surface area contributed by atoms with Crippen LogP contribution in [0.2, 0.25) is 0 Å². The van der Waals surface area contributed by atoms with Gasteiger partial charge >= 0.3 is 0 Å². The fraction of sp³-hybridized carbons (Fsp3) is 0.476. The molecule has 1 unspecified atom stereocenters. The van der Waals surface area contributed by atoms with Crippen LogP contribution in [0.5, 0.6) is 0 Å². The van der Waals surface area contributed by atoms with Gasteiger partial charge in [-0.3, -0.25) is 4.79 Å². The first-order valence-electron chi connectivity index (χ1n) is 10.0. The van der Waals surface area contributed by atoms with Crippen molar-refractivity contribution in [2.24, 2.45) is 4.99 Å². The molecule has 1 atom stereocenters. The van der Waals surface area contributed by atoms with Crippen molar-refractivity contribution in [2.45, 2.75) is 52.8 Å². The molecule has 1 fully saturated rings. The number of guanidine groups is 1. The Morgan fingerprint density at radius 1 is 1.34 bits per heavy atom. The van der Waals surface area contributed by atoms with Crippen LogP contribution >= 0.6 is 11.3 Å². The summed E-state index contributed by atoms with van der Waals surface area (Å²) < 4.78 is 5.44. The molecule has 0 bridgehead atoms. The number of aliphatic imine (C=N–C) groups is 1. The summed E-state index contributed by atoms with van der Waals surface area (Å²) in [6.45, 7) is 8.74. The van der Waals surface area contributed by atoms with Crippen molar-refractivity contribution in [3.8, 4) is 0 Å². The summed E-state index contributed by atoms with van der Waals surface area (Å²) in [4.78, 5) is 22.7. The van der Waals surface area contributed by atoms with E-state index in [1.165, 1.54) is 4.88 Å². The average Bonchev–Trinajstić information content (AvgIpc) is 3.35. The van der Waals surface area contributed by atoms with Crippen LogP contribution in [0.4, 0.5) is 5.69 Å². The van der Waals surface area contributed by atoms with E-state index in [-0.39, 0.29) is 12.0 Å². The Bertz CT molecular complexity index is 839. The van der Waals surface area contributed by atoms with Gasteiger partial charge in [-0.15, -0.1) is 11.3 Å². The minimum atomic E-state index is -0.334. The molecule has 0 spiro atoms. The molecule has 2 heterocycles. The zero-order valence-electron chi connectivity index (χ0n) is 17.2. The fourth-order valence-corrected chi connectivity index (χ4v) is 3.91. The Morgan fingerprint density at radius 3 is 2.90 bits per heavy atom. The van der Waals surface area contributed by atoms with Gasteiger partial charge in [0.1, 0.15) is 11.1 Å². The Morgan fingerprint density at radius 2 is 2.21 bits per heavy atom. The van der Waals surface area contributed by atoms with Gasteiger partial charge < -0.3 is 20.7 Å². The second-order valence-electron chi connectivity index (χ2n) is 6.99. The Hall–Kier alpha value is -2.45. The summed E-state index contributed by atoms with van der Waals surface area (Å²) in [6.07, 6.45) is 1.39. The van der Waals surface area contributed by atoms with Crippen molar-refractivity contribution in [3.05, 3.63) is 45.4 Å². The number of aromatic nitrogens is 1. The topological polar surface area (TPSA) is 87.6 Å². The van der Waals surface area contributed by atoms with Crippen molar-refractivity contribution in [1.82, 2.24) is 15.6 Å². The second-order valence-corrected chi connectivity index (χ2v) is 8.28. The van der Waals surface area contributed by atoms with Gasteiger partial charge in [0.05, 0.1) is 18.8 Å². The van der Waals surface area contributed by atoms with Crippen LogP contribution in [0, 0.1) is 13.8 Å². The zero-order valence-corrected chi connectivity index (χ0v) is 18.1. The van der Waals surface area contributed by atoms with E-state index in [2.05, 4.69) is 32.9 Å². The SMILES string of the molecule is CCNC(=NCc1cccc(NC(=O)C2CCCO2)c1)NCc1nc(C)c(C)s1.